The van der Waals surface area contributed by atoms with Crippen LogP contribution in [0.25, 0.3) is 0 Å². The Morgan fingerprint density at radius 2 is 2.09 bits per heavy atom. The number of ether oxygens (including phenoxy) is 1. The third-order valence-electron chi connectivity index (χ3n) is 5.03. The standard InChI is InChI=1S/C15H20ClN3O3S/c1-10-9-22-7-6-19(10)13-8-12(17-14(16)18-13)15(4-5-15)23(20,21)11-2-3-11/h8,10-11H,2-7,9H2,1H3. The highest BCUT2D eigenvalue weighted by molar-refractivity contribution is 7.93. The summed E-state index contributed by atoms with van der Waals surface area (Å²) >= 11 is 6.12. The minimum absolute atomic E-state index is 0.119. The number of hydrogen-bond donors (Lipinski definition) is 0. The van der Waals surface area contributed by atoms with Crippen molar-refractivity contribution in [2.75, 3.05) is 24.7 Å². The van der Waals surface area contributed by atoms with Crippen LogP contribution in [0.15, 0.2) is 6.07 Å². The summed E-state index contributed by atoms with van der Waals surface area (Å²) in [5, 5.41) is -0.0713. The normalized spacial score (nSPS) is 27.0. The van der Waals surface area contributed by atoms with Crippen LogP contribution in [0, 0.1) is 0 Å². The molecule has 1 atom stereocenters. The second-order valence-corrected chi connectivity index (χ2v) is 9.61. The zero-order valence-electron chi connectivity index (χ0n) is 13.0. The van der Waals surface area contributed by atoms with Gasteiger partial charge in [0.25, 0.3) is 0 Å². The third-order valence-corrected chi connectivity index (χ3v) is 8.25. The Labute approximate surface area is 141 Å². The fourth-order valence-corrected chi connectivity index (χ4v) is 5.99. The highest BCUT2D eigenvalue weighted by Gasteiger charge is 2.61. The summed E-state index contributed by atoms with van der Waals surface area (Å²) in [5.41, 5.74) is 0.568. The molecular weight excluding hydrogens is 338 g/mol. The molecule has 3 fully saturated rings. The van der Waals surface area contributed by atoms with Crippen molar-refractivity contribution in [3.05, 3.63) is 17.0 Å². The lowest BCUT2D eigenvalue weighted by Crippen LogP contribution is -2.44. The quantitative estimate of drug-likeness (QED) is 0.766. The molecule has 1 aromatic heterocycles. The molecule has 4 rings (SSSR count). The molecule has 0 N–H and O–H groups in total. The summed E-state index contributed by atoms with van der Waals surface area (Å²) in [6.07, 6.45) is 2.82. The van der Waals surface area contributed by atoms with E-state index in [2.05, 4.69) is 21.8 Å². The van der Waals surface area contributed by atoms with Gasteiger partial charge in [-0.2, -0.15) is 0 Å². The third kappa shape index (κ3) is 2.53. The predicted molar refractivity (Wildman–Crippen MR) is 87.5 cm³/mol. The zero-order valence-corrected chi connectivity index (χ0v) is 14.6. The van der Waals surface area contributed by atoms with Crippen molar-refractivity contribution in [3.63, 3.8) is 0 Å². The average molecular weight is 358 g/mol. The van der Waals surface area contributed by atoms with Gasteiger partial charge in [-0.15, -0.1) is 0 Å². The highest BCUT2D eigenvalue weighted by atomic mass is 35.5. The number of rotatable bonds is 4. The van der Waals surface area contributed by atoms with Crippen LogP contribution in [-0.2, 0) is 19.3 Å². The molecule has 0 radical (unpaired) electrons. The van der Waals surface area contributed by atoms with Gasteiger partial charge >= 0.3 is 0 Å². The van der Waals surface area contributed by atoms with Crippen LogP contribution < -0.4 is 4.90 Å². The average Bonchev–Trinajstić information content (AvgIpc) is 3.39. The molecule has 0 aromatic carbocycles. The van der Waals surface area contributed by atoms with Crippen LogP contribution in [0.1, 0.15) is 38.3 Å². The summed E-state index contributed by atoms with van der Waals surface area (Å²) in [4.78, 5) is 10.7. The van der Waals surface area contributed by atoms with E-state index in [-0.39, 0.29) is 16.6 Å². The van der Waals surface area contributed by atoms with Gasteiger partial charge in [0.15, 0.2) is 9.84 Å². The van der Waals surface area contributed by atoms with Crippen LogP contribution in [0.2, 0.25) is 5.28 Å². The largest absolute Gasteiger partial charge is 0.377 e. The first-order valence-corrected chi connectivity index (χ1v) is 9.99. The molecule has 126 valence electrons. The van der Waals surface area contributed by atoms with Gasteiger partial charge in [0, 0.05) is 12.6 Å². The van der Waals surface area contributed by atoms with E-state index in [4.69, 9.17) is 16.3 Å². The molecule has 2 saturated carbocycles. The lowest BCUT2D eigenvalue weighted by Gasteiger charge is -2.34. The number of aromatic nitrogens is 2. The van der Waals surface area contributed by atoms with Gasteiger partial charge in [-0.1, -0.05) is 0 Å². The number of halogens is 1. The number of morpholine rings is 1. The van der Waals surface area contributed by atoms with Crippen LogP contribution in [-0.4, -0.2) is 49.4 Å². The minimum atomic E-state index is -3.18. The van der Waals surface area contributed by atoms with Crippen molar-refractivity contribution < 1.29 is 13.2 Å². The Hall–Kier alpha value is -0.920. The summed E-state index contributed by atoms with van der Waals surface area (Å²) in [6.45, 7) is 4.04. The molecule has 3 aliphatic rings. The van der Waals surface area contributed by atoms with Gasteiger partial charge in [0.1, 0.15) is 10.6 Å². The molecule has 1 saturated heterocycles. The van der Waals surface area contributed by atoms with Gasteiger partial charge in [-0.25, -0.2) is 18.4 Å². The predicted octanol–water partition coefficient (Wildman–Crippen LogP) is 1.92. The second kappa shape index (κ2) is 5.29. The topological polar surface area (TPSA) is 72.4 Å². The number of anilines is 1. The van der Waals surface area contributed by atoms with E-state index in [0.29, 0.717) is 37.6 Å². The van der Waals surface area contributed by atoms with Crippen LogP contribution in [0.5, 0.6) is 0 Å². The van der Waals surface area contributed by atoms with Crippen molar-refractivity contribution in [3.8, 4) is 0 Å². The van der Waals surface area contributed by atoms with Crippen molar-refractivity contribution in [1.82, 2.24) is 9.97 Å². The first kappa shape index (κ1) is 15.6. The SMILES string of the molecule is CC1COCCN1c1cc(C2(S(=O)(=O)C3CC3)CC2)nc(Cl)n1. The molecule has 2 heterocycles. The van der Waals surface area contributed by atoms with E-state index in [9.17, 15) is 8.42 Å². The first-order chi connectivity index (χ1) is 10.9. The molecule has 0 bridgehead atoms. The van der Waals surface area contributed by atoms with E-state index < -0.39 is 14.6 Å². The lowest BCUT2D eigenvalue weighted by molar-refractivity contribution is 0.0985. The summed E-state index contributed by atoms with van der Waals surface area (Å²) in [5.74, 6) is 0.702. The monoisotopic (exact) mass is 357 g/mol. The molecule has 6 nitrogen and oxygen atoms in total. The van der Waals surface area contributed by atoms with Gasteiger partial charge in [-0.3, -0.25) is 0 Å². The molecule has 1 aromatic rings. The molecule has 2 aliphatic carbocycles. The van der Waals surface area contributed by atoms with Crippen LogP contribution in [0.3, 0.4) is 0 Å². The minimum Gasteiger partial charge on any atom is -0.377 e. The first-order valence-electron chi connectivity index (χ1n) is 8.07. The highest BCUT2D eigenvalue weighted by Crippen LogP contribution is 2.57. The Morgan fingerprint density at radius 3 is 2.70 bits per heavy atom. The Balaban J connectivity index is 1.73. The molecule has 0 spiro atoms. The second-order valence-electron chi connectivity index (χ2n) is 6.74. The maximum atomic E-state index is 12.8. The van der Waals surface area contributed by atoms with Crippen molar-refractivity contribution in [2.24, 2.45) is 0 Å². The van der Waals surface area contributed by atoms with Gasteiger partial charge in [0.05, 0.1) is 30.2 Å². The lowest BCUT2D eigenvalue weighted by atomic mass is 10.2. The zero-order chi connectivity index (χ0) is 16.2. The van der Waals surface area contributed by atoms with Crippen LogP contribution in [0.4, 0.5) is 5.82 Å². The Bertz CT molecular complexity index is 731. The number of hydrogen-bond acceptors (Lipinski definition) is 6. The van der Waals surface area contributed by atoms with E-state index >= 15 is 0 Å². The Kier molecular flexibility index (Phi) is 3.59. The van der Waals surface area contributed by atoms with Crippen molar-refractivity contribution in [2.45, 2.75) is 48.6 Å². The molecule has 1 aliphatic heterocycles. The van der Waals surface area contributed by atoms with E-state index in [1.165, 1.54) is 0 Å². The summed E-state index contributed by atoms with van der Waals surface area (Å²) in [6, 6.07) is 2.00. The molecular formula is C15H20ClN3O3S. The van der Waals surface area contributed by atoms with E-state index in [1.54, 1.807) is 0 Å². The van der Waals surface area contributed by atoms with E-state index in [1.807, 2.05) is 6.07 Å². The molecule has 23 heavy (non-hydrogen) atoms. The molecule has 8 heteroatoms. The molecule has 1 unspecified atom stereocenters. The maximum absolute atomic E-state index is 12.8. The number of sulfone groups is 1. The van der Waals surface area contributed by atoms with Gasteiger partial charge in [0.2, 0.25) is 5.28 Å². The van der Waals surface area contributed by atoms with Gasteiger partial charge < -0.3 is 9.64 Å². The Morgan fingerprint density at radius 1 is 1.35 bits per heavy atom. The van der Waals surface area contributed by atoms with Gasteiger partial charge in [-0.05, 0) is 44.2 Å². The maximum Gasteiger partial charge on any atom is 0.224 e. The number of nitrogens with zero attached hydrogens (tertiary/aromatic N) is 3. The molecule has 0 amide bonds. The fraction of sp³-hybridized carbons (Fsp3) is 0.733. The smallest absolute Gasteiger partial charge is 0.224 e. The van der Waals surface area contributed by atoms with Crippen molar-refractivity contribution in [1.29, 1.82) is 0 Å². The van der Waals surface area contributed by atoms with Crippen LogP contribution >= 0.6 is 11.6 Å². The summed E-state index contributed by atoms with van der Waals surface area (Å²) < 4.78 is 30.2. The summed E-state index contributed by atoms with van der Waals surface area (Å²) in [7, 11) is -3.18. The fourth-order valence-electron chi connectivity index (χ4n) is 3.35. The van der Waals surface area contributed by atoms with Crippen molar-refractivity contribution >= 4 is 27.3 Å². The van der Waals surface area contributed by atoms with E-state index in [0.717, 1.165) is 19.4 Å².